The summed E-state index contributed by atoms with van der Waals surface area (Å²) < 4.78 is 7.75. The van der Waals surface area contributed by atoms with Crippen molar-refractivity contribution < 1.29 is 14.3 Å². The van der Waals surface area contributed by atoms with Crippen molar-refractivity contribution in [1.82, 2.24) is 14.8 Å². The highest BCUT2D eigenvalue weighted by Crippen LogP contribution is 2.27. The van der Waals surface area contributed by atoms with Gasteiger partial charge in [-0.25, -0.2) is 0 Å². The molecule has 2 heterocycles. The van der Waals surface area contributed by atoms with Gasteiger partial charge in [-0.15, -0.1) is 21.5 Å². The van der Waals surface area contributed by atoms with Crippen LogP contribution < -0.4 is 5.32 Å². The van der Waals surface area contributed by atoms with Crippen LogP contribution in [0.5, 0.6) is 0 Å². The SMILES string of the molecule is CCn1c(SCC(=O)OCC(=O)Nc2ccccc2Br)nnc1-c1cccs1. The first-order valence-electron chi connectivity index (χ1n) is 8.38. The lowest BCUT2D eigenvalue weighted by Gasteiger charge is -2.08. The van der Waals surface area contributed by atoms with Gasteiger partial charge in [0.15, 0.2) is 17.6 Å². The Morgan fingerprint density at radius 3 is 2.79 bits per heavy atom. The maximum atomic E-state index is 12.0. The molecule has 3 aromatic rings. The zero-order valence-corrected chi connectivity index (χ0v) is 18.1. The fraction of sp³-hybridized carbons (Fsp3) is 0.222. The first-order chi connectivity index (χ1) is 13.6. The lowest BCUT2D eigenvalue weighted by Crippen LogP contribution is -2.21. The Morgan fingerprint density at radius 1 is 1.25 bits per heavy atom. The number of nitrogens with zero attached hydrogens (tertiary/aromatic N) is 3. The third-order valence-electron chi connectivity index (χ3n) is 3.61. The van der Waals surface area contributed by atoms with Crippen molar-refractivity contribution in [3.63, 3.8) is 0 Å². The van der Waals surface area contributed by atoms with Crippen molar-refractivity contribution in [2.24, 2.45) is 0 Å². The van der Waals surface area contributed by atoms with E-state index >= 15 is 0 Å². The van der Waals surface area contributed by atoms with E-state index in [-0.39, 0.29) is 12.4 Å². The highest BCUT2D eigenvalue weighted by atomic mass is 79.9. The van der Waals surface area contributed by atoms with Crippen LogP contribution in [-0.4, -0.2) is 39.0 Å². The lowest BCUT2D eigenvalue weighted by atomic mass is 10.3. The van der Waals surface area contributed by atoms with Gasteiger partial charge in [0.05, 0.1) is 16.3 Å². The molecule has 2 aromatic heterocycles. The number of carbonyl (C=O) groups excluding carboxylic acids is 2. The van der Waals surface area contributed by atoms with Gasteiger partial charge < -0.3 is 14.6 Å². The van der Waals surface area contributed by atoms with Gasteiger partial charge in [0.25, 0.3) is 5.91 Å². The monoisotopic (exact) mass is 480 g/mol. The number of amides is 1. The second-order valence-electron chi connectivity index (χ2n) is 5.51. The molecule has 1 amide bonds. The number of benzene rings is 1. The smallest absolute Gasteiger partial charge is 0.316 e. The predicted molar refractivity (Wildman–Crippen MR) is 113 cm³/mol. The molecule has 3 rings (SSSR count). The highest BCUT2D eigenvalue weighted by molar-refractivity contribution is 9.10. The zero-order chi connectivity index (χ0) is 19.9. The van der Waals surface area contributed by atoms with Crippen molar-refractivity contribution in [3.05, 3.63) is 46.3 Å². The van der Waals surface area contributed by atoms with Crippen LogP contribution in [0, 0.1) is 0 Å². The molecular formula is C18H17BrN4O3S2. The van der Waals surface area contributed by atoms with Crippen molar-refractivity contribution in [1.29, 1.82) is 0 Å². The summed E-state index contributed by atoms with van der Waals surface area (Å²) >= 11 is 6.17. The standard InChI is InChI=1S/C18H17BrN4O3S2/c1-2-23-17(14-8-5-9-27-14)21-22-18(23)28-11-16(25)26-10-15(24)20-13-7-4-3-6-12(13)19/h3-9H,2,10-11H2,1H3,(H,20,24). The number of anilines is 1. The van der Waals surface area contributed by atoms with Gasteiger partial charge in [-0.05, 0) is 46.4 Å². The number of thioether (sulfide) groups is 1. The molecule has 0 fully saturated rings. The molecule has 146 valence electrons. The number of ether oxygens (including phenoxy) is 1. The van der Waals surface area contributed by atoms with Gasteiger partial charge in [-0.3, -0.25) is 9.59 Å². The number of para-hydroxylation sites is 1. The van der Waals surface area contributed by atoms with Gasteiger partial charge >= 0.3 is 5.97 Å². The minimum atomic E-state index is -0.490. The number of rotatable bonds is 8. The van der Waals surface area contributed by atoms with Gasteiger partial charge in [-0.1, -0.05) is 30.0 Å². The van der Waals surface area contributed by atoms with Gasteiger partial charge in [0, 0.05) is 11.0 Å². The van der Waals surface area contributed by atoms with E-state index in [1.54, 1.807) is 23.5 Å². The van der Waals surface area contributed by atoms with E-state index in [2.05, 4.69) is 31.4 Å². The number of halogens is 1. The van der Waals surface area contributed by atoms with Crippen LogP contribution in [0.15, 0.2) is 51.4 Å². The molecule has 0 bridgehead atoms. The molecule has 0 saturated carbocycles. The van der Waals surface area contributed by atoms with Crippen LogP contribution in [-0.2, 0) is 20.9 Å². The molecule has 0 radical (unpaired) electrons. The van der Waals surface area contributed by atoms with Crippen LogP contribution in [0.2, 0.25) is 0 Å². The summed E-state index contributed by atoms with van der Waals surface area (Å²) in [6.07, 6.45) is 0. The molecule has 1 aromatic carbocycles. The fourth-order valence-electron chi connectivity index (χ4n) is 2.33. The summed E-state index contributed by atoms with van der Waals surface area (Å²) in [6.45, 7) is 2.34. The Hall–Kier alpha value is -2.17. The van der Waals surface area contributed by atoms with Crippen molar-refractivity contribution in [2.75, 3.05) is 17.7 Å². The molecular weight excluding hydrogens is 464 g/mol. The van der Waals surface area contributed by atoms with E-state index in [0.717, 1.165) is 15.2 Å². The second kappa shape index (κ2) is 9.85. The molecule has 0 spiro atoms. The molecule has 28 heavy (non-hydrogen) atoms. The van der Waals surface area contributed by atoms with E-state index in [1.807, 2.05) is 41.1 Å². The molecule has 1 N–H and O–H groups in total. The van der Waals surface area contributed by atoms with Gasteiger partial charge in [0.2, 0.25) is 0 Å². The molecule has 0 aliphatic heterocycles. The number of carbonyl (C=O) groups is 2. The Morgan fingerprint density at radius 2 is 2.07 bits per heavy atom. The second-order valence-corrected chi connectivity index (χ2v) is 8.25. The number of esters is 1. The van der Waals surface area contributed by atoms with Crippen molar-refractivity contribution >= 4 is 56.6 Å². The van der Waals surface area contributed by atoms with E-state index in [9.17, 15) is 9.59 Å². The van der Waals surface area contributed by atoms with E-state index in [4.69, 9.17) is 4.74 Å². The molecule has 7 nitrogen and oxygen atoms in total. The first kappa shape index (κ1) is 20.6. The Kier molecular flexibility index (Phi) is 7.24. The van der Waals surface area contributed by atoms with Crippen molar-refractivity contribution in [2.45, 2.75) is 18.6 Å². The summed E-state index contributed by atoms with van der Waals surface area (Å²) in [6, 6.07) is 11.1. The van der Waals surface area contributed by atoms with Crippen LogP contribution in [0.4, 0.5) is 5.69 Å². The van der Waals surface area contributed by atoms with Crippen LogP contribution in [0.25, 0.3) is 10.7 Å². The van der Waals surface area contributed by atoms with Crippen molar-refractivity contribution in [3.8, 4) is 10.7 Å². The lowest BCUT2D eigenvalue weighted by molar-refractivity contribution is -0.144. The molecule has 0 aliphatic carbocycles. The molecule has 0 unspecified atom stereocenters. The fourth-order valence-corrected chi connectivity index (χ4v) is 4.23. The van der Waals surface area contributed by atoms with E-state index in [1.165, 1.54) is 11.8 Å². The van der Waals surface area contributed by atoms with Gasteiger partial charge in [-0.2, -0.15) is 0 Å². The number of nitrogens with one attached hydrogen (secondary N) is 1. The number of hydrogen-bond donors (Lipinski definition) is 1. The summed E-state index contributed by atoms with van der Waals surface area (Å²) in [5.41, 5.74) is 0.620. The summed E-state index contributed by atoms with van der Waals surface area (Å²) in [5, 5.41) is 13.7. The summed E-state index contributed by atoms with van der Waals surface area (Å²) in [4.78, 5) is 24.9. The predicted octanol–water partition coefficient (Wildman–Crippen LogP) is 4.06. The maximum absolute atomic E-state index is 12.0. The Labute approximate surface area is 178 Å². The first-order valence-corrected chi connectivity index (χ1v) is 11.0. The highest BCUT2D eigenvalue weighted by Gasteiger charge is 2.16. The Balaban J connectivity index is 1.49. The normalized spacial score (nSPS) is 10.6. The van der Waals surface area contributed by atoms with Crippen LogP contribution in [0.3, 0.4) is 0 Å². The minimum absolute atomic E-state index is 0.0465. The average molecular weight is 481 g/mol. The topological polar surface area (TPSA) is 86.1 Å². The third kappa shape index (κ3) is 5.21. The third-order valence-corrected chi connectivity index (χ3v) is 6.10. The van der Waals surface area contributed by atoms with Gasteiger partial charge in [0.1, 0.15) is 0 Å². The van der Waals surface area contributed by atoms with Crippen LogP contribution >= 0.6 is 39.0 Å². The molecule has 0 atom stereocenters. The maximum Gasteiger partial charge on any atom is 0.316 e. The number of thiophene rings is 1. The van der Waals surface area contributed by atoms with E-state index < -0.39 is 11.9 Å². The molecule has 0 aliphatic rings. The number of aromatic nitrogens is 3. The number of hydrogen-bond acceptors (Lipinski definition) is 7. The average Bonchev–Trinajstić information content (AvgIpc) is 3.35. The molecule has 0 saturated heterocycles. The summed E-state index contributed by atoms with van der Waals surface area (Å²) in [5.74, 6) is -0.0658. The molecule has 10 heteroatoms. The zero-order valence-electron chi connectivity index (χ0n) is 14.9. The van der Waals surface area contributed by atoms with E-state index in [0.29, 0.717) is 17.4 Å². The summed E-state index contributed by atoms with van der Waals surface area (Å²) in [7, 11) is 0. The largest absolute Gasteiger partial charge is 0.455 e. The quantitative estimate of drug-likeness (QED) is 0.386. The Bertz CT molecular complexity index is 960. The van der Waals surface area contributed by atoms with Crippen LogP contribution in [0.1, 0.15) is 6.92 Å². The minimum Gasteiger partial charge on any atom is -0.455 e.